The molecule has 1 aromatic heterocycles. The number of aryl methyl sites for hydroxylation is 1. The van der Waals surface area contributed by atoms with Gasteiger partial charge in [-0.2, -0.15) is 0 Å². The van der Waals surface area contributed by atoms with Gasteiger partial charge >= 0.3 is 0 Å². The summed E-state index contributed by atoms with van der Waals surface area (Å²) < 4.78 is 0. The summed E-state index contributed by atoms with van der Waals surface area (Å²) in [6.07, 6.45) is 4.25. The monoisotopic (exact) mass is 243 g/mol. The van der Waals surface area contributed by atoms with Crippen LogP contribution < -0.4 is 0 Å². The topological polar surface area (TPSA) is 49.0 Å². The zero-order valence-electron chi connectivity index (χ0n) is 10.7. The lowest BCUT2D eigenvalue weighted by molar-refractivity contribution is 0.0795. The number of hydrogen-bond donors (Lipinski definition) is 1. The number of imidazole rings is 1. The van der Waals surface area contributed by atoms with Gasteiger partial charge in [-0.3, -0.25) is 4.79 Å². The van der Waals surface area contributed by atoms with E-state index in [1.54, 1.807) is 17.3 Å². The van der Waals surface area contributed by atoms with Crippen LogP contribution in [0.25, 0.3) is 0 Å². The van der Waals surface area contributed by atoms with E-state index in [1.807, 2.05) is 38.2 Å². The lowest BCUT2D eigenvalue weighted by Gasteiger charge is -2.17. The molecule has 0 spiro atoms. The van der Waals surface area contributed by atoms with E-state index in [-0.39, 0.29) is 5.91 Å². The van der Waals surface area contributed by atoms with Gasteiger partial charge in [-0.15, -0.1) is 0 Å². The smallest absolute Gasteiger partial charge is 0.253 e. The second-order valence-corrected chi connectivity index (χ2v) is 4.33. The van der Waals surface area contributed by atoms with Gasteiger partial charge in [0.2, 0.25) is 0 Å². The fourth-order valence-corrected chi connectivity index (χ4v) is 1.83. The van der Waals surface area contributed by atoms with Gasteiger partial charge < -0.3 is 9.88 Å². The molecule has 2 rings (SSSR count). The Balaban J connectivity index is 1.99. The molecule has 0 aliphatic heterocycles. The fraction of sp³-hybridized carbons (Fsp3) is 0.286. The van der Waals surface area contributed by atoms with Crippen LogP contribution in [0.5, 0.6) is 0 Å². The van der Waals surface area contributed by atoms with Crippen molar-refractivity contribution in [3.05, 3.63) is 53.6 Å². The van der Waals surface area contributed by atoms with Crippen molar-refractivity contribution in [3.63, 3.8) is 0 Å². The molecule has 0 aliphatic rings. The van der Waals surface area contributed by atoms with E-state index in [4.69, 9.17) is 0 Å². The largest absolute Gasteiger partial charge is 0.349 e. The van der Waals surface area contributed by atoms with E-state index >= 15 is 0 Å². The van der Waals surface area contributed by atoms with Crippen molar-refractivity contribution in [3.8, 4) is 0 Å². The molecule has 0 atom stereocenters. The minimum atomic E-state index is 0.0552. The molecule has 0 bridgehead atoms. The average molecular weight is 243 g/mol. The van der Waals surface area contributed by atoms with Crippen molar-refractivity contribution < 1.29 is 4.79 Å². The van der Waals surface area contributed by atoms with Crippen molar-refractivity contribution >= 4 is 5.91 Å². The maximum atomic E-state index is 12.2. The summed E-state index contributed by atoms with van der Waals surface area (Å²) in [6.45, 7) is 2.61. The number of benzene rings is 1. The van der Waals surface area contributed by atoms with Gasteiger partial charge in [-0.1, -0.05) is 18.2 Å². The van der Waals surface area contributed by atoms with Gasteiger partial charge in [0.1, 0.15) is 5.82 Å². The number of likely N-dealkylation sites (N-methyl/N-ethyl adjacent to an activating group) is 1. The Morgan fingerprint density at radius 2 is 2.17 bits per heavy atom. The number of amides is 1. The molecule has 1 N–H and O–H groups in total. The molecule has 18 heavy (non-hydrogen) atoms. The molecule has 0 radical (unpaired) electrons. The molecule has 2 aromatic rings. The number of carbonyl (C=O) groups is 1. The van der Waals surface area contributed by atoms with E-state index in [1.165, 1.54) is 0 Å². The summed E-state index contributed by atoms with van der Waals surface area (Å²) in [7, 11) is 1.82. The second kappa shape index (κ2) is 5.49. The van der Waals surface area contributed by atoms with Crippen molar-refractivity contribution in [1.82, 2.24) is 14.9 Å². The third-order valence-electron chi connectivity index (χ3n) is 2.96. The Morgan fingerprint density at radius 1 is 1.39 bits per heavy atom. The second-order valence-electron chi connectivity index (χ2n) is 4.33. The highest BCUT2D eigenvalue weighted by Crippen LogP contribution is 2.09. The van der Waals surface area contributed by atoms with E-state index in [0.29, 0.717) is 6.54 Å². The molecule has 1 heterocycles. The Morgan fingerprint density at radius 3 is 2.83 bits per heavy atom. The highest BCUT2D eigenvalue weighted by Gasteiger charge is 2.13. The SMILES string of the molecule is Cc1ccccc1C(=O)N(C)CCc1ncc[nH]1. The van der Waals surface area contributed by atoms with E-state index in [0.717, 1.165) is 23.4 Å². The van der Waals surface area contributed by atoms with Crippen molar-refractivity contribution in [2.75, 3.05) is 13.6 Å². The van der Waals surface area contributed by atoms with E-state index in [2.05, 4.69) is 9.97 Å². The lowest BCUT2D eigenvalue weighted by atomic mass is 10.1. The third kappa shape index (κ3) is 2.77. The highest BCUT2D eigenvalue weighted by molar-refractivity contribution is 5.95. The molecule has 4 heteroatoms. The molecule has 1 aromatic carbocycles. The summed E-state index contributed by atoms with van der Waals surface area (Å²) in [5, 5.41) is 0. The van der Waals surface area contributed by atoms with Gasteiger partial charge in [-0.05, 0) is 18.6 Å². The maximum Gasteiger partial charge on any atom is 0.253 e. The lowest BCUT2D eigenvalue weighted by Crippen LogP contribution is -2.29. The number of hydrogen-bond acceptors (Lipinski definition) is 2. The Labute approximate surface area is 107 Å². The number of aromatic amines is 1. The third-order valence-corrected chi connectivity index (χ3v) is 2.96. The molecule has 1 amide bonds. The van der Waals surface area contributed by atoms with Crippen LogP contribution >= 0.6 is 0 Å². The maximum absolute atomic E-state index is 12.2. The predicted octanol–water partition coefficient (Wildman–Crippen LogP) is 2.03. The number of aromatic nitrogens is 2. The first kappa shape index (κ1) is 12.4. The van der Waals surface area contributed by atoms with Crippen LogP contribution in [0.2, 0.25) is 0 Å². The molecule has 0 unspecified atom stereocenters. The molecule has 4 nitrogen and oxygen atoms in total. The number of rotatable bonds is 4. The van der Waals surface area contributed by atoms with Crippen molar-refractivity contribution in [2.24, 2.45) is 0 Å². The standard InChI is InChI=1S/C14H17N3O/c1-11-5-3-4-6-12(11)14(18)17(2)10-7-13-15-8-9-16-13/h3-6,8-9H,7,10H2,1-2H3,(H,15,16). The summed E-state index contributed by atoms with van der Waals surface area (Å²) in [6, 6.07) is 7.64. The van der Waals surface area contributed by atoms with Gasteiger partial charge in [0.25, 0.3) is 5.91 Å². The summed E-state index contributed by atoms with van der Waals surface area (Å²) in [4.78, 5) is 21.1. The Kier molecular flexibility index (Phi) is 3.77. The van der Waals surface area contributed by atoms with Crippen LogP contribution in [0.4, 0.5) is 0 Å². The van der Waals surface area contributed by atoms with Crippen molar-refractivity contribution in [2.45, 2.75) is 13.3 Å². The Bertz CT molecular complexity index is 520. The predicted molar refractivity (Wildman–Crippen MR) is 70.4 cm³/mol. The minimum absolute atomic E-state index is 0.0552. The zero-order chi connectivity index (χ0) is 13.0. The summed E-state index contributed by atoms with van der Waals surface area (Å²) >= 11 is 0. The molecule has 0 saturated carbocycles. The molecule has 0 aliphatic carbocycles. The first-order valence-electron chi connectivity index (χ1n) is 5.98. The number of nitrogens with zero attached hydrogens (tertiary/aromatic N) is 2. The van der Waals surface area contributed by atoms with Gasteiger partial charge in [-0.25, -0.2) is 4.98 Å². The van der Waals surface area contributed by atoms with Gasteiger partial charge in [0.15, 0.2) is 0 Å². The number of H-pyrrole nitrogens is 1. The van der Waals surface area contributed by atoms with Crippen LogP contribution in [0, 0.1) is 6.92 Å². The molecule has 94 valence electrons. The zero-order valence-corrected chi connectivity index (χ0v) is 10.7. The van der Waals surface area contributed by atoms with E-state index < -0.39 is 0 Å². The van der Waals surface area contributed by atoms with Crippen LogP contribution in [0.1, 0.15) is 21.7 Å². The highest BCUT2D eigenvalue weighted by atomic mass is 16.2. The van der Waals surface area contributed by atoms with Gasteiger partial charge in [0.05, 0.1) is 0 Å². The normalized spacial score (nSPS) is 10.3. The number of nitrogens with one attached hydrogen (secondary N) is 1. The first-order chi connectivity index (χ1) is 8.68. The fourth-order valence-electron chi connectivity index (χ4n) is 1.83. The minimum Gasteiger partial charge on any atom is -0.349 e. The molecule has 0 fully saturated rings. The van der Waals surface area contributed by atoms with E-state index in [9.17, 15) is 4.79 Å². The first-order valence-corrected chi connectivity index (χ1v) is 5.98. The van der Waals surface area contributed by atoms with Gasteiger partial charge in [0, 0.05) is 38.0 Å². The quantitative estimate of drug-likeness (QED) is 0.893. The summed E-state index contributed by atoms with van der Waals surface area (Å²) in [5.41, 5.74) is 1.77. The van der Waals surface area contributed by atoms with Crippen LogP contribution in [-0.4, -0.2) is 34.4 Å². The van der Waals surface area contributed by atoms with Crippen LogP contribution in [0.3, 0.4) is 0 Å². The Hall–Kier alpha value is -2.10. The van der Waals surface area contributed by atoms with Crippen LogP contribution in [-0.2, 0) is 6.42 Å². The average Bonchev–Trinajstić information content (AvgIpc) is 2.89. The number of carbonyl (C=O) groups excluding carboxylic acids is 1. The molecule has 0 saturated heterocycles. The molecular weight excluding hydrogens is 226 g/mol. The van der Waals surface area contributed by atoms with Crippen molar-refractivity contribution in [1.29, 1.82) is 0 Å². The molecular formula is C14H17N3O. The van der Waals surface area contributed by atoms with Crippen LogP contribution in [0.15, 0.2) is 36.7 Å². The summed E-state index contributed by atoms with van der Waals surface area (Å²) in [5.74, 6) is 0.957.